The van der Waals surface area contributed by atoms with Crippen LogP contribution in [0.2, 0.25) is 5.02 Å². The van der Waals surface area contributed by atoms with Crippen LogP contribution in [0.1, 0.15) is 25.6 Å². The van der Waals surface area contributed by atoms with E-state index >= 15 is 0 Å². The highest BCUT2D eigenvalue weighted by Gasteiger charge is 2.34. The van der Waals surface area contributed by atoms with Crippen molar-refractivity contribution in [2.45, 2.75) is 32.9 Å². The number of rotatable bonds is 5. The van der Waals surface area contributed by atoms with Crippen molar-refractivity contribution in [3.05, 3.63) is 34.2 Å². The van der Waals surface area contributed by atoms with Crippen LogP contribution >= 0.6 is 22.9 Å². The van der Waals surface area contributed by atoms with E-state index in [1.807, 2.05) is 36.1 Å². The van der Waals surface area contributed by atoms with E-state index in [2.05, 4.69) is 0 Å². The van der Waals surface area contributed by atoms with Crippen LogP contribution in [0.3, 0.4) is 0 Å². The molecule has 1 heterocycles. The third kappa shape index (κ3) is 2.68. The van der Waals surface area contributed by atoms with Gasteiger partial charge in [-0.1, -0.05) is 36.7 Å². The normalized spacial score (nSPS) is 12.2. The summed E-state index contributed by atoms with van der Waals surface area (Å²) >= 11 is 8.05. The minimum atomic E-state index is -0.908. The molecule has 0 amide bonds. The molecule has 108 valence electrons. The molecule has 0 aliphatic carbocycles. The number of benzene rings is 1. The molecule has 0 aliphatic heterocycles. The van der Waals surface area contributed by atoms with E-state index in [0.29, 0.717) is 13.1 Å². The summed E-state index contributed by atoms with van der Waals surface area (Å²) in [5, 5.41) is 11.1. The van der Waals surface area contributed by atoms with E-state index in [1.165, 1.54) is 0 Å². The molecule has 0 saturated carbocycles. The van der Waals surface area contributed by atoms with Gasteiger partial charge in [-0.15, -0.1) is 11.3 Å². The van der Waals surface area contributed by atoms with Crippen LogP contribution in [0.25, 0.3) is 10.1 Å². The second-order valence-electron chi connectivity index (χ2n) is 5.21. The Hall–Kier alpha value is -1.10. The Balaban J connectivity index is 2.35. The van der Waals surface area contributed by atoms with Gasteiger partial charge in [-0.05, 0) is 26.5 Å². The molecule has 0 radical (unpaired) electrons. The van der Waals surface area contributed by atoms with E-state index in [-0.39, 0.29) is 0 Å². The van der Waals surface area contributed by atoms with Crippen LogP contribution in [0.5, 0.6) is 0 Å². The Bertz CT molecular complexity index is 636. The summed E-state index contributed by atoms with van der Waals surface area (Å²) in [7, 11) is 0. The quantitative estimate of drug-likeness (QED) is 0.898. The molecule has 0 spiro atoms. The first kappa shape index (κ1) is 15.3. The molecule has 3 nitrogen and oxygen atoms in total. The topological polar surface area (TPSA) is 40.5 Å². The molecule has 1 N–H and O–H groups in total. The number of halogens is 1. The summed E-state index contributed by atoms with van der Waals surface area (Å²) in [6.07, 6.45) is 0. The Morgan fingerprint density at radius 1 is 1.40 bits per heavy atom. The highest BCUT2D eigenvalue weighted by atomic mass is 35.5. The standard InChI is InChI=1S/C15H18ClNO2S/c1-4-17(15(2,3)14(18)19)9-12-13(16)10-7-5-6-8-11(10)20-12/h5-8H,4,9H2,1-3H3,(H,18,19). The number of hydrogen-bond donors (Lipinski definition) is 1. The SMILES string of the molecule is CCN(Cc1sc2ccccc2c1Cl)C(C)(C)C(=O)O. The van der Waals surface area contributed by atoms with Crippen LogP contribution in [0, 0.1) is 0 Å². The van der Waals surface area contributed by atoms with Crippen LogP contribution in [0.4, 0.5) is 0 Å². The van der Waals surface area contributed by atoms with E-state index in [4.69, 9.17) is 11.6 Å². The molecule has 0 unspecified atom stereocenters. The van der Waals surface area contributed by atoms with Crippen molar-refractivity contribution in [2.75, 3.05) is 6.54 Å². The van der Waals surface area contributed by atoms with Crippen molar-refractivity contribution in [2.24, 2.45) is 0 Å². The number of carboxylic acids is 1. The molecule has 0 fully saturated rings. The fourth-order valence-electron chi connectivity index (χ4n) is 2.18. The summed E-state index contributed by atoms with van der Waals surface area (Å²) in [4.78, 5) is 14.3. The lowest BCUT2D eigenvalue weighted by Crippen LogP contribution is -2.49. The van der Waals surface area contributed by atoms with Crippen molar-refractivity contribution >= 4 is 39.0 Å². The number of thiophene rings is 1. The number of carbonyl (C=O) groups is 1. The van der Waals surface area contributed by atoms with Gasteiger partial charge in [0.15, 0.2) is 0 Å². The highest BCUT2D eigenvalue weighted by Crippen LogP contribution is 2.36. The predicted molar refractivity (Wildman–Crippen MR) is 84.6 cm³/mol. The van der Waals surface area contributed by atoms with Gasteiger partial charge in [0.05, 0.1) is 5.02 Å². The van der Waals surface area contributed by atoms with Crippen LogP contribution in [-0.2, 0) is 11.3 Å². The fraction of sp³-hybridized carbons (Fsp3) is 0.400. The molecule has 5 heteroatoms. The van der Waals surface area contributed by atoms with Gasteiger partial charge in [-0.25, -0.2) is 0 Å². The summed E-state index contributed by atoms with van der Waals surface area (Å²) in [6.45, 7) is 6.61. The average Bonchev–Trinajstić information content (AvgIpc) is 2.73. The Morgan fingerprint density at radius 2 is 2.05 bits per heavy atom. The number of likely N-dealkylation sites (N-methyl/N-ethyl adjacent to an activating group) is 1. The minimum Gasteiger partial charge on any atom is -0.480 e. The van der Waals surface area contributed by atoms with Gasteiger partial charge >= 0.3 is 5.97 Å². The third-order valence-electron chi connectivity index (χ3n) is 3.63. The van der Waals surface area contributed by atoms with Gasteiger partial charge in [-0.3, -0.25) is 9.69 Å². The number of hydrogen-bond acceptors (Lipinski definition) is 3. The molecular weight excluding hydrogens is 294 g/mol. The van der Waals surface area contributed by atoms with E-state index < -0.39 is 11.5 Å². The zero-order chi connectivity index (χ0) is 14.9. The Morgan fingerprint density at radius 3 is 2.60 bits per heavy atom. The zero-order valence-electron chi connectivity index (χ0n) is 11.8. The van der Waals surface area contributed by atoms with Crippen molar-refractivity contribution < 1.29 is 9.90 Å². The average molecular weight is 312 g/mol. The lowest BCUT2D eigenvalue weighted by Gasteiger charge is -2.33. The molecule has 20 heavy (non-hydrogen) atoms. The maximum atomic E-state index is 11.4. The highest BCUT2D eigenvalue weighted by molar-refractivity contribution is 7.19. The van der Waals surface area contributed by atoms with Gasteiger partial charge in [0.25, 0.3) is 0 Å². The second-order valence-corrected chi connectivity index (χ2v) is 6.73. The molecule has 1 aromatic carbocycles. The smallest absolute Gasteiger partial charge is 0.323 e. The molecule has 0 atom stereocenters. The summed E-state index contributed by atoms with van der Waals surface area (Å²) < 4.78 is 1.14. The van der Waals surface area contributed by atoms with Gasteiger partial charge < -0.3 is 5.11 Å². The summed E-state index contributed by atoms with van der Waals surface area (Å²) in [6, 6.07) is 7.98. The molecule has 0 saturated heterocycles. The number of nitrogens with zero attached hydrogens (tertiary/aromatic N) is 1. The molecule has 2 aromatic rings. The molecule has 2 rings (SSSR count). The van der Waals surface area contributed by atoms with Crippen LogP contribution in [0.15, 0.2) is 24.3 Å². The molecule has 1 aromatic heterocycles. The van der Waals surface area contributed by atoms with E-state index in [1.54, 1.807) is 25.2 Å². The maximum absolute atomic E-state index is 11.4. The van der Waals surface area contributed by atoms with Gasteiger partial charge in [-0.2, -0.15) is 0 Å². The van der Waals surface area contributed by atoms with E-state index in [0.717, 1.165) is 20.0 Å². The first-order valence-corrected chi connectivity index (χ1v) is 7.71. The first-order chi connectivity index (χ1) is 9.37. The van der Waals surface area contributed by atoms with Crippen molar-refractivity contribution in [1.29, 1.82) is 0 Å². The number of aliphatic carboxylic acids is 1. The van der Waals surface area contributed by atoms with E-state index in [9.17, 15) is 9.90 Å². The monoisotopic (exact) mass is 311 g/mol. The fourth-order valence-corrected chi connectivity index (χ4v) is 3.69. The largest absolute Gasteiger partial charge is 0.480 e. The second kappa shape index (κ2) is 5.72. The molecular formula is C15H18ClNO2S. The zero-order valence-corrected chi connectivity index (χ0v) is 13.4. The van der Waals surface area contributed by atoms with Gasteiger partial charge in [0.2, 0.25) is 0 Å². The molecule has 0 bridgehead atoms. The Labute approximate surface area is 127 Å². The van der Waals surface area contributed by atoms with Crippen LogP contribution in [-0.4, -0.2) is 28.1 Å². The molecule has 0 aliphatic rings. The minimum absolute atomic E-state index is 0.550. The Kier molecular flexibility index (Phi) is 4.37. The summed E-state index contributed by atoms with van der Waals surface area (Å²) in [5.74, 6) is -0.823. The van der Waals surface area contributed by atoms with Crippen LogP contribution < -0.4 is 0 Å². The van der Waals surface area contributed by atoms with Crippen molar-refractivity contribution in [1.82, 2.24) is 4.90 Å². The van der Waals surface area contributed by atoms with Gasteiger partial charge in [0, 0.05) is 21.5 Å². The maximum Gasteiger partial charge on any atom is 0.323 e. The van der Waals surface area contributed by atoms with Crippen molar-refractivity contribution in [3.8, 4) is 0 Å². The lowest BCUT2D eigenvalue weighted by molar-refractivity contribution is -0.149. The third-order valence-corrected chi connectivity index (χ3v) is 5.33. The number of fused-ring (bicyclic) bond motifs is 1. The first-order valence-electron chi connectivity index (χ1n) is 6.52. The lowest BCUT2D eigenvalue weighted by atomic mass is 10.0. The van der Waals surface area contributed by atoms with Crippen molar-refractivity contribution in [3.63, 3.8) is 0 Å². The van der Waals surface area contributed by atoms with Gasteiger partial charge in [0.1, 0.15) is 5.54 Å². The summed E-state index contributed by atoms with van der Waals surface area (Å²) in [5.41, 5.74) is -0.908. The number of carboxylic acid groups (broad SMARTS) is 1. The predicted octanol–water partition coefficient (Wildman–Crippen LogP) is 4.24.